The van der Waals surface area contributed by atoms with Gasteiger partial charge in [0, 0.05) is 15.9 Å². The maximum absolute atomic E-state index is 12.5. The van der Waals surface area contributed by atoms with Crippen LogP contribution in [0, 0.1) is 5.92 Å². The molecule has 3 nitrogen and oxygen atoms in total. The molecule has 0 spiro atoms. The minimum atomic E-state index is -0.0191. The van der Waals surface area contributed by atoms with Gasteiger partial charge in [-0.1, -0.05) is 25.1 Å². The highest BCUT2D eigenvalue weighted by Crippen LogP contribution is 2.29. The number of halogens is 1. The molecule has 1 fully saturated rings. The van der Waals surface area contributed by atoms with Gasteiger partial charge in [-0.3, -0.25) is 9.69 Å². The number of likely N-dealkylation sites (tertiary alicyclic amines) is 1. The third-order valence-electron chi connectivity index (χ3n) is 4.71. The van der Waals surface area contributed by atoms with Gasteiger partial charge >= 0.3 is 0 Å². The van der Waals surface area contributed by atoms with Crippen molar-refractivity contribution in [3.63, 3.8) is 0 Å². The van der Waals surface area contributed by atoms with E-state index < -0.39 is 0 Å². The molecule has 1 amide bonds. The fourth-order valence-electron chi connectivity index (χ4n) is 3.16. The molecule has 1 atom stereocenters. The van der Waals surface area contributed by atoms with Crippen molar-refractivity contribution < 1.29 is 4.79 Å². The summed E-state index contributed by atoms with van der Waals surface area (Å²) in [6.45, 7) is 5.19. The Morgan fingerprint density at radius 1 is 1.29 bits per heavy atom. The first-order chi connectivity index (χ1) is 11.6. The van der Waals surface area contributed by atoms with Gasteiger partial charge in [0.1, 0.15) is 0 Å². The number of amides is 1. The van der Waals surface area contributed by atoms with Crippen molar-refractivity contribution >= 4 is 33.2 Å². The zero-order valence-corrected chi connectivity index (χ0v) is 16.3. The van der Waals surface area contributed by atoms with Crippen molar-refractivity contribution in [2.75, 3.05) is 19.6 Å². The zero-order chi connectivity index (χ0) is 16.9. The normalized spacial score (nSPS) is 17.6. The highest BCUT2D eigenvalue weighted by molar-refractivity contribution is 9.10. The molecule has 3 rings (SSSR count). The lowest BCUT2D eigenvalue weighted by Crippen LogP contribution is -2.41. The first-order valence-electron chi connectivity index (χ1n) is 8.45. The molecule has 0 aliphatic carbocycles. The van der Waals surface area contributed by atoms with Crippen LogP contribution < -0.4 is 5.32 Å². The minimum Gasteiger partial charge on any atom is -0.350 e. The zero-order valence-electron chi connectivity index (χ0n) is 13.9. The third-order valence-corrected chi connectivity index (χ3v) is 6.37. The third kappa shape index (κ3) is 4.26. The van der Waals surface area contributed by atoms with E-state index in [-0.39, 0.29) is 11.9 Å². The number of nitrogens with one attached hydrogen (secondary N) is 1. The lowest BCUT2D eigenvalue weighted by molar-refractivity contribution is 0.0914. The van der Waals surface area contributed by atoms with E-state index >= 15 is 0 Å². The molecular formula is C19H23BrN2OS. The summed E-state index contributed by atoms with van der Waals surface area (Å²) in [5.41, 5.74) is 0.690. The Kier molecular flexibility index (Phi) is 6.09. The van der Waals surface area contributed by atoms with Crippen molar-refractivity contribution in [1.82, 2.24) is 10.2 Å². The predicted octanol–water partition coefficient (Wildman–Crippen LogP) is 4.71. The average Bonchev–Trinajstić information content (AvgIpc) is 3.11. The van der Waals surface area contributed by atoms with Gasteiger partial charge in [-0.05, 0) is 71.4 Å². The van der Waals surface area contributed by atoms with Crippen LogP contribution in [0.5, 0.6) is 0 Å². The van der Waals surface area contributed by atoms with Crippen LogP contribution >= 0.6 is 27.3 Å². The average molecular weight is 407 g/mol. The fourth-order valence-corrected chi connectivity index (χ4v) is 4.49. The van der Waals surface area contributed by atoms with Gasteiger partial charge in [0.2, 0.25) is 0 Å². The van der Waals surface area contributed by atoms with Crippen LogP contribution in [0.2, 0.25) is 0 Å². The van der Waals surface area contributed by atoms with E-state index in [4.69, 9.17) is 0 Å². The lowest BCUT2D eigenvalue weighted by Gasteiger charge is -2.36. The Labute approximate surface area is 156 Å². The van der Waals surface area contributed by atoms with E-state index in [2.05, 4.69) is 50.6 Å². The summed E-state index contributed by atoms with van der Waals surface area (Å²) in [6, 6.07) is 12.1. The van der Waals surface area contributed by atoms with E-state index in [0.717, 1.165) is 23.5 Å². The number of rotatable bonds is 5. The Bertz CT molecular complexity index is 666. The van der Waals surface area contributed by atoms with Crippen LogP contribution in [0.1, 0.15) is 41.0 Å². The fraction of sp³-hybridized carbons (Fsp3) is 0.421. The SMILES string of the molecule is CC1CCN(C(CNC(=O)c2ccccc2Br)c2cccs2)CC1. The first-order valence-corrected chi connectivity index (χ1v) is 10.1. The molecule has 1 N–H and O–H groups in total. The van der Waals surface area contributed by atoms with E-state index in [1.165, 1.54) is 17.7 Å². The number of benzene rings is 1. The van der Waals surface area contributed by atoms with E-state index in [1.54, 1.807) is 11.3 Å². The van der Waals surface area contributed by atoms with Gasteiger partial charge < -0.3 is 5.32 Å². The molecule has 1 saturated heterocycles. The monoisotopic (exact) mass is 406 g/mol. The quantitative estimate of drug-likeness (QED) is 0.779. The summed E-state index contributed by atoms with van der Waals surface area (Å²) in [4.78, 5) is 16.4. The number of piperidine rings is 1. The van der Waals surface area contributed by atoms with Crippen molar-refractivity contribution in [3.05, 3.63) is 56.7 Å². The highest BCUT2D eigenvalue weighted by Gasteiger charge is 2.26. The van der Waals surface area contributed by atoms with Crippen molar-refractivity contribution in [1.29, 1.82) is 0 Å². The van der Waals surface area contributed by atoms with E-state index in [1.807, 2.05) is 24.3 Å². The molecule has 1 unspecified atom stereocenters. The second-order valence-corrected chi connectivity index (χ2v) is 8.27. The van der Waals surface area contributed by atoms with Crippen LogP contribution in [0.3, 0.4) is 0 Å². The van der Waals surface area contributed by atoms with E-state index in [9.17, 15) is 4.79 Å². The van der Waals surface area contributed by atoms with Gasteiger partial charge in [0.05, 0.1) is 11.6 Å². The smallest absolute Gasteiger partial charge is 0.252 e. The molecule has 0 bridgehead atoms. The topological polar surface area (TPSA) is 32.3 Å². The molecule has 5 heteroatoms. The number of thiophene rings is 1. The van der Waals surface area contributed by atoms with Crippen LogP contribution in [-0.2, 0) is 0 Å². The number of hydrogen-bond acceptors (Lipinski definition) is 3. The molecule has 24 heavy (non-hydrogen) atoms. The Balaban J connectivity index is 1.68. The van der Waals surface area contributed by atoms with Crippen LogP contribution in [0.4, 0.5) is 0 Å². The van der Waals surface area contributed by atoms with Crippen molar-refractivity contribution in [2.24, 2.45) is 5.92 Å². The highest BCUT2D eigenvalue weighted by atomic mass is 79.9. The molecule has 1 aromatic heterocycles. The summed E-state index contributed by atoms with van der Waals surface area (Å²) in [5, 5.41) is 5.25. The Morgan fingerprint density at radius 2 is 2.04 bits per heavy atom. The summed E-state index contributed by atoms with van der Waals surface area (Å²) in [5.74, 6) is 0.787. The molecule has 1 aromatic carbocycles. The first kappa shape index (κ1) is 17.6. The van der Waals surface area contributed by atoms with Gasteiger partial charge in [0.25, 0.3) is 5.91 Å². The van der Waals surface area contributed by atoms with Crippen molar-refractivity contribution in [3.8, 4) is 0 Å². The van der Waals surface area contributed by atoms with Crippen molar-refractivity contribution in [2.45, 2.75) is 25.8 Å². The lowest BCUT2D eigenvalue weighted by atomic mass is 9.97. The van der Waals surface area contributed by atoms with Gasteiger partial charge in [-0.2, -0.15) is 0 Å². The van der Waals surface area contributed by atoms with Crippen LogP contribution in [0.15, 0.2) is 46.3 Å². The largest absolute Gasteiger partial charge is 0.350 e. The maximum Gasteiger partial charge on any atom is 0.252 e. The number of hydrogen-bond donors (Lipinski definition) is 1. The summed E-state index contributed by atoms with van der Waals surface area (Å²) < 4.78 is 0.835. The van der Waals surface area contributed by atoms with Crippen LogP contribution in [0.25, 0.3) is 0 Å². The molecule has 128 valence electrons. The molecule has 1 aliphatic rings. The molecular weight excluding hydrogens is 384 g/mol. The summed E-state index contributed by atoms with van der Waals surface area (Å²) in [6.07, 6.45) is 2.47. The Morgan fingerprint density at radius 3 is 2.71 bits per heavy atom. The Hall–Kier alpha value is -1.17. The van der Waals surface area contributed by atoms with Crippen LogP contribution in [-0.4, -0.2) is 30.4 Å². The minimum absolute atomic E-state index is 0.0191. The second kappa shape index (κ2) is 8.28. The second-order valence-electron chi connectivity index (χ2n) is 6.44. The molecule has 2 aromatic rings. The predicted molar refractivity (Wildman–Crippen MR) is 104 cm³/mol. The number of carbonyl (C=O) groups is 1. The standard InChI is InChI=1S/C19H23BrN2OS/c1-14-8-10-22(11-9-14)17(18-7-4-12-24-18)13-21-19(23)15-5-2-3-6-16(15)20/h2-7,12,14,17H,8-11,13H2,1H3,(H,21,23). The molecule has 1 aliphatic heterocycles. The van der Waals surface area contributed by atoms with Gasteiger partial charge in [-0.15, -0.1) is 11.3 Å². The summed E-state index contributed by atoms with van der Waals surface area (Å²) >= 11 is 5.23. The molecule has 2 heterocycles. The number of carbonyl (C=O) groups excluding carboxylic acids is 1. The molecule has 0 saturated carbocycles. The van der Waals surface area contributed by atoms with Gasteiger partial charge in [-0.25, -0.2) is 0 Å². The van der Waals surface area contributed by atoms with E-state index in [0.29, 0.717) is 12.1 Å². The maximum atomic E-state index is 12.5. The summed E-state index contributed by atoms with van der Waals surface area (Å²) in [7, 11) is 0. The molecule has 0 radical (unpaired) electrons. The number of nitrogens with zero attached hydrogens (tertiary/aromatic N) is 1. The van der Waals surface area contributed by atoms with Gasteiger partial charge in [0.15, 0.2) is 0 Å².